The number of ether oxygens (including phenoxy) is 1. The molecule has 0 aromatic heterocycles. The van der Waals surface area contributed by atoms with Crippen LogP contribution in [0.4, 0.5) is 0 Å². The largest absolute Gasteiger partial charge is 0.379 e. The van der Waals surface area contributed by atoms with E-state index in [9.17, 15) is 4.79 Å². The van der Waals surface area contributed by atoms with Crippen molar-refractivity contribution in [3.63, 3.8) is 0 Å². The van der Waals surface area contributed by atoms with Crippen LogP contribution in [0.3, 0.4) is 0 Å². The highest BCUT2D eigenvalue weighted by Crippen LogP contribution is 2.28. The van der Waals surface area contributed by atoms with Gasteiger partial charge in [-0.2, -0.15) is 0 Å². The van der Waals surface area contributed by atoms with Crippen molar-refractivity contribution in [1.29, 1.82) is 0 Å². The summed E-state index contributed by atoms with van der Waals surface area (Å²) in [5.41, 5.74) is 5.64. The molecule has 0 aliphatic heterocycles. The molecule has 0 saturated heterocycles. The van der Waals surface area contributed by atoms with Crippen LogP contribution in [0, 0.1) is 5.92 Å². The lowest BCUT2D eigenvalue weighted by molar-refractivity contribution is -0.130. The molecule has 0 aromatic carbocycles. The number of carbonyl (C=O) groups excluding carboxylic acids is 1. The molecular weight excluding hydrogens is 216 g/mol. The van der Waals surface area contributed by atoms with Gasteiger partial charge in [-0.3, -0.25) is 4.79 Å². The Morgan fingerprint density at radius 2 is 2.24 bits per heavy atom. The van der Waals surface area contributed by atoms with Gasteiger partial charge >= 0.3 is 0 Å². The topological polar surface area (TPSA) is 55.6 Å². The van der Waals surface area contributed by atoms with Crippen LogP contribution >= 0.6 is 0 Å². The SMILES string of the molecule is CC(N)CCCC(=O)N(C)CCOCC1CC1. The van der Waals surface area contributed by atoms with Gasteiger partial charge in [0.05, 0.1) is 6.61 Å². The molecule has 1 unspecified atom stereocenters. The van der Waals surface area contributed by atoms with Crippen molar-refractivity contribution in [3.8, 4) is 0 Å². The zero-order chi connectivity index (χ0) is 12.7. The van der Waals surface area contributed by atoms with Crippen molar-refractivity contribution in [2.75, 3.05) is 26.8 Å². The van der Waals surface area contributed by atoms with E-state index in [2.05, 4.69) is 0 Å². The standard InChI is InChI=1S/C13H26N2O2/c1-11(14)4-3-5-13(16)15(2)8-9-17-10-12-6-7-12/h11-12H,3-10,14H2,1-2H3. The molecule has 1 aliphatic carbocycles. The molecule has 4 nitrogen and oxygen atoms in total. The Balaban J connectivity index is 1.96. The first-order valence-corrected chi connectivity index (χ1v) is 6.67. The van der Waals surface area contributed by atoms with E-state index in [1.54, 1.807) is 4.90 Å². The van der Waals surface area contributed by atoms with E-state index >= 15 is 0 Å². The fraction of sp³-hybridized carbons (Fsp3) is 0.923. The maximum absolute atomic E-state index is 11.7. The summed E-state index contributed by atoms with van der Waals surface area (Å²) < 4.78 is 5.51. The summed E-state index contributed by atoms with van der Waals surface area (Å²) in [6.45, 7) is 4.20. The van der Waals surface area contributed by atoms with Crippen molar-refractivity contribution in [1.82, 2.24) is 4.90 Å². The molecule has 0 aromatic rings. The quantitative estimate of drug-likeness (QED) is 0.622. The van der Waals surface area contributed by atoms with E-state index in [0.29, 0.717) is 19.6 Å². The number of nitrogens with zero attached hydrogens (tertiary/aromatic N) is 1. The number of rotatable bonds is 9. The van der Waals surface area contributed by atoms with Crippen molar-refractivity contribution >= 4 is 5.91 Å². The molecule has 17 heavy (non-hydrogen) atoms. The highest BCUT2D eigenvalue weighted by molar-refractivity contribution is 5.75. The fourth-order valence-corrected chi connectivity index (χ4v) is 1.63. The second-order valence-corrected chi connectivity index (χ2v) is 5.20. The van der Waals surface area contributed by atoms with Gasteiger partial charge in [-0.25, -0.2) is 0 Å². The first-order chi connectivity index (χ1) is 8.09. The van der Waals surface area contributed by atoms with Gasteiger partial charge in [0.2, 0.25) is 5.91 Å². The van der Waals surface area contributed by atoms with Gasteiger partial charge in [0.25, 0.3) is 0 Å². The number of carbonyl (C=O) groups is 1. The van der Waals surface area contributed by atoms with Gasteiger partial charge < -0.3 is 15.4 Å². The van der Waals surface area contributed by atoms with Crippen molar-refractivity contribution in [2.24, 2.45) is 11.7 Å². The summed E-state index contributed by atoms with van der Waals surface area (Å²) in [5.74, 6) is 0.989. The molecule has 1 rings (SSSR count). The summed E-state index contributed by atoms with van der Waals surface area (Å²) >= 11 is 0. The molecule has 0 heterocycles. The number of hydrogen-bond donors (Lipinski definition) is 1. The van der Waals surface area contributed by atoms with E-state index in [-0.39, 0.29) is 11.9 Å². The van der Waals surface area contributed by atoms with Crippen LogP contribution in [0.25, 0.3) is 0 Å². The van der Waals surface area contributed by atoms with Crippen LogP contribution in [-0.4, -0.2) is 43.7 Å². The summed E-state index contributed by atoms with van der Waals surface area (Å²) in [6.07, 6.45) is 5.01. The van der Waals surface area contributed by atoms with E-state index in [0.717, 1.165) is 25.4 Å². The van der Waals surface area contributed by atoms with Crippen LogP contribution in [0.2, 0.25) is 0 Å². The molecule has 0 radical (unpaired) electrons. The Morgan fingerprint density at radius 3 is 2.82 bits per heavy atom. The lowest BCUT2D eigenvalue weighted by atomic mass is 10.1. The smallest absolute Gasteiger partial charge is 0.222 e. The molecule has 0 bridgehead atoms. The minimum Gasteiger partial charge on any atom is -0.379 e. The second-order valence-electron chi connectivity index (χ2n) is 5.20. The summed E-state index contributed by atoms with van der Waals surface area (Å²) in [7, 11) is 1.84. The lowest BCUT2D eigenvalue weighted by Gasteiger charge is -2.17. The van der Waals surface area contributed by atoms with E-state index < -0.39 is 0 Å². The third-order valence-corrected chi connectivity index (χ3v) is 3.10. The fourth-order valence-electron chi connectivity index (χ4n) is 1.63. The summed E-state index contributed by atoms with van der Waals surface area (Å²) in [6, 6.07) is 0.190. The van der Waals surface area contributed by atoms with E-state index in [1.165, 1.54) is 12.8 Å². The number of nitrogens with two attached hydrogens (primary N) is 1. The number of hydrogen-bond acceptors (Lipinski definition) is 3. The molecular formula is C13H26N2O2. The van der Waals surface area contributed by atoms with Gasteiger partial charge in [0.1, 0.15) is 0 Å². The van der Waals surface area contributed by atoms with Crippen molar-refractivity contribution in [2.45, 2.75) is 45.1 Å². The predicted molar refractivity (Wildman–Crippen MR) is 68.7 cm³/mol. The molecule has 1 aliphatic rings. The summed E-state index contributed by atoms with van der Waals surface area (Å²) in [4.78, 5) is 13.5. The normalized spacial score (nSPS) is 16.9. The lowest BCUT2D eigenvalue weighted by Crippen LogP contribution is -2.30. The van der Waals surface area contributed by atoms with E-state index in [1.807, 2.05) is 14.0 Å². The zero-order valence-corrected chi connectivity index (χ0v) is 11.2. The maximum Gasteiger partial charge on any atom is 0.222 e. The second kappa shape index (κ2) is 7.67. The average Bonchev–Trinajstić information content (AvgIpc) is 3.07. The molecule has 1 amide bonds. The van der Waals surface area contributed by atoms with Crippen LogP contribution in [0.1, 0.15) is 39.0 Å². The van der Waals surface area contributed by atoms with Crippen LogP contribution in [-0.2, 0) is 9.53 Å². The van der Waals surface area contributed by atoms with Gasteiger partial charge in [-0.15, -0.1) is 0 Å². The first kappa shape index (κ1) is 14.5. The highest BCUT2D eigenvalue weighted by atomic mass is 16.5. The predicted octanol–water partition coefficient (Wildman–Crippen LogP) is 1.39. The Morgan fingerprint density at radius 1 is 1.53 bits per heavy atom. The number of likely N-dealkylation sites (N-methyl/N-ethyl adjacent to an activating group) is 1. The number of amides is 1. The van der Waals surface area contributed by atoms with Gasteiger partial charge in [-0.1, -0.05) is 0 Å². The third-order valence-electron chi connectivity index (χ3n) is 3.10. The van der Waals surface area contributed by atoms with Crippen molar-refractivity contribution in [3.05, 3.63) is 0 Å². The molecule has 100 valence electrons. The molecule has 0 spiro atoms. The molecule has 1 fully saturated rings. The molecule has 1 atom stereocenters. The zero-order valence-electron chi connectivity index (χ0n) is 11.2. The summed E-state index contributed by atoms with van der Waals surface area (Å²) in [5, 5.41) is 0. The van der Waals surface area contributed by atoms with Gasteiger partial charge in [0, 0.05) is 32.7 Å². The van der Waals surface area contributed by atoms with Crippen molar-refractivity contribution < 1.29 is 9.53 Å². The molecule has 2 N–H and O–H groups in total. The first-order valence-electron chi connectivity index (χ1n) is 6.67. The minimum atomic E-state index is 0.190. The van der Waals surface area contributed by atoms with Gasteiger partial charge in [0.15, 0.2) is 0 Å². The third kappa shape index (κ3) is 7.34. The molecule has 1 saturated carbocycles. The average molecular weight is 242 g/mol. The van der Waals surface area contributed by atoms with Crippen LogP contribution in [0.5, 0.6) is 0 Å². The maximum atomic E-state index is 11.7. The Hall–Kier alpha value is -0.610. The Kier molecular flexibility index (Phi) is 6.52. The van der Waals surface area contributed by atoms with Gasteiger partial charge in [-0.05, 0) is 38.5 Å². The Bertz CT molecular complexity index is 227. The molecule has 4 heteroatoms. The van der Waals surface area contributed by atoms with Crippen LogP contribution < -0.4 is 5.73 Å². The monoisotopic (exact) mass is 242 g/mol. The Labute approximate surface area is 104 Å². The minimum absolute atomic E-state index is 0.190. The van der Waals surface area contributed by atoms with E-state index in [4.69, 9.17) is 10.5 Å². The highest BCUT2D eigenvalue weighted by Gasteiger charge is 2.21. The van der Waals surface area contributed by atoms with Crippen LogP contribution in [0.15, 0.2) is 0 Å².